The van der Waals surface area contributed by atoms with Crippen molar-refractivity contribution in [2.75, 3.05) is 27.9 Å². The maximum atomic E-state index is 6.01. The van der Waals surface area contributed by atoms with E-state index in [1.807, 2.05) is 12.1 Å². The summed E-state index contributed by atoms with van der Waals surface area (Å²) < 4.78 is 16.2. The van der Waals surface area contributed by atoms with Crippen LogP contribution in [0.25, 0.3) is 0 Å². The molecule has 1 aromatic rings. The van der Waals surface area contributed by atoms with Gasteiger partial charge in [-0.3, -0.25) is 4.99 Å². The number of aliphatic imine (C=N–C) groups is 1. The first-order valence-corrected chi connectivity index (χ1v) is 8.53. The van der Waals surface area contributed by atoms with Gasteiger partial charge in [0.1, 0.15) is 17.2 Å². The van der Waals surface area contributed by atoms with Crippen LogP contribution in [0.2, 0.25) is 0 Å². The Bertz CT molecular complexity index is 535. The molecule has 0 atom stereocenters. The van der Waals surface area contributed by atoms with Gasteiger partial charge >= 0.3 is 0 Å². The number of halogens is 1. The van der Waals surface area contributed by atoms with E-state index in [0.717, 1.165) is 17.1 Å². The highest BCUT2D eigenvalue weighted by Crippen LogP contribution is 2.34. The van der Waals surface area contributed by atoms with Crippen LogP contribution in [0, 0.1) is 0 Å². The molecule has 1 aromatic carbocycles. The molecule has 1 aliphatic rings. The fourth-order valence-electron chi connectivity index (χ4n) is 3.11. The van der Waals surface area contributed by atoms with Crippen LogP contribution in [-0.2, 0) is 6.42 Å². The third-order valence-corrected chi connectivity index (χ3v) is 4.42. The van der Waals surface area contributed by atoms with Crippen LogP contribution >= 0.6 is 24.0 Å². The van der Waals surface area contributed by atoms with Crippen molar-refractivity contribution >= 4 is 29.9 Å². The van der Waals surface area contributed by atoms with Gasteiger partial charge in [-0.2, -0.15) is 0 Å². The first-order chi connectivity index (χ1) is 11.7. The van der Waals surface area contributed by atoms with Gasteiger partial charge in [0.05, 0.1) is 21.3 Å². The number of methoxy groups -OCH3 is 3. The smallest absolute Gasteiger partial charge is 0.188 e. The molecule has 0 unspecified atom stereocenters. The van der Waals surface area contributed by atoms with E-state index in [9.17, 15) is 0 Å². The van der Waals surface area contributed by atoms with Gasteiger partial charge in [-0.1, -0.05) is 19.3 Å². The van der Waals surface area contributed by atoms with Crippen molar-refractivity contribution in [3.63, 3.8) is 0 Å². The van der Waals surface area contributed by atoms with Gasteiger partial charge in [-0.05, 0) is 19.3 Å². The molecule has 0 amide bonds. The number of hydrogen-bond acceptors (Lipinski definition) is 4. The standard InChI is InChI=1S/C18H29N3O3.HI/c1-22-14-11-16(23-2)15(17(12-14)24-3)9-10-20-18(19)21-13-7-5-4-6-8-13;/h11-13H,4-10H2,1-3H3,(H3,19,20,21);1H. The van der Waals surface area contributed by atoms with E-state index in [0.29, 0.717) is 30.7 Å². The summed E-state index contributed by atoms with van der Waals surface area (Å²) in [6.07, 6.45) is 6.90. The number of nitrogens with two attached hydrogens (primary N) is 1. The summed E-state index contributed by atoms with van der Waals surface area (Å²) >= 11 is 0. The Hall–Kier alpha value is -1.38. The monoisotopic (exact) mass is 463 g/mol. The molecule has 0 radical (unpaired) electrons. The average Bonchev–Trinajstić information content (AvgIpc) is 2.62. The Morgan fingerprint density at radius 2 is 1.68 bits per heavy atom. The van der Waals surface area contributed by atoms with Gasteiger partial charge in [-0.15, -0.1) is 24.0 Å². The minimum atomic E-state index is 0. The Kier molecular flexibility index (Phi) is 9.77. The van der Waals surface area contributed by atoms with Gasteiger partial charge < -0.3 is 25.3 Å². The van der Waals surface area contributed by atoms with Crippen molar-refractivity contribution in [3.05, 3.63) is 17.7 Å². The van der Waals surface area contributed by atoms with Crippen LogP contribution in [0.15, 0.2) is 17.1 Å². The summed E-state index contributed by atoms with van der Waals surface area (Å²) in [5, 5.41) is 3.33. The third kappa shape index (κ3) is 6.45. The summed E-state index contributed by atoms with van der Waals surface area (Å²) in [7, 11) is 4.90. The average molecular weight is 463 g/mol. The second kappa shape index (κ2) is 11.3. The summed E-state index contributed by atoms with van der Waals surface area (Å²) in [4.78, 5) is 4.45. The van der Waals surface area contributed by atoms with Gasteiger partial charge in [-0.25, -0.2) is 0 Å². The fraction of sp³-hybridized carbons (Fsp3) is 0.611. The summed E-state index contributed by atoms with van der Waals surface area (Å²) in [5.74, 6) is 2.70. The van der Waals surface area contributed by atoms with E-state index in [1.165, 1.54) is 32.1 Å². The highest BCUT2D eigenvalue weighted by Gasteiger charge is 2.14. The summed E-state index contributed by atoms with van der Waals surface area (Å²) in [5.41, 5.74) is 6.98. The number of ether oxygens (including phenoxy) is 3. The highest BCUT2D eigenvalue weighted by molar-refractivity contribution is 14.0. The maximum absolute atomic E-state index is 6.01. The molecule has 0 aliphatic heterocycles. The molecule has 25 heavy (non-hydrogen) atoms. The van der Waals surface area contributed by atoms with Crippen LogP contribution < -0.4 is 25.3 Å². The fourth-order valence-corrected chi connectivity index (χ4v) is 3.11. The molecule has 0 heterocycles. The lowest BCUT2D eigenvalue weighted by Crippen LogP contribution is -2.41. The van der Waals surface area contributed by atoms with Gasteiger partial charge in [0.15, 0.2) is 5.96 Å². The molecule has 142 valence electrons. The van der Waals surface area contributed by atoms with E-state index in [-0.39, 0.29) is 24.0 Å². The number of nitrogens with one attached hydrogen (secondary N) is 1. The first-order valence-electron chi connectivity index (χ1n) is 8.53. The predicted molar refractivity (Wildman–Crippen MR) is 112 cm³/mol. The van der Waals surface area contributed by atoms with Crippen LogP contribution in [0.3, 0.4) is 0 Å². The van der Waals surface area contributed by atoms with E-state index < -0.39 is 0 Å². The molecule has 1 aliphatic carbocycles. The zero-order chi connectivity index (χ0) is 17.4. The lowest BCUT2D eigenvalue weighted by molar-refractivity contribution is 0.369. The summed E-state index contributed by atoms with van der Waals surface area (Å²) in [6, 6.07) is 4.17. The molecule has 0 spiro atoms. The number of hydrogen-bond donors (Lipinski definition) is 2. The summed E-state index contributed by atoms with van der Waals surface area (Å²) in [6.45, 7) is 0.574. The van der Waals surface area contributed by atoms with Crippen molar-refractivity contribution in [1.82, 2.24) is 5.32 Å². The molecule has 0 saturated heterocycles. The molecule has 0 aromatic heterocycles. The van der Waals surface area contributed by atoms with E-state index >= 15 is 0 Å². The van der Waals surface area contributed by atoms with Crippen molar-refractivity contribution in [2.24, 2.45) is 10.7 Å². The number of rotatable bonds is 7. The van der Waals surface area contributed by atoms with E-state index in [4.69, 9.17) is 19.9 Å². The Morgan fingerprint density at radius 1 is 1.08 bits per heavy atom. The maximum Gasteiger partial charge on any atom is 0.188 e. The third-order valence-electron chi connectivity index (χ3n) is 4.42. The van der Waals surface area contributed by atoms with Crippen LogP contribution in [0.1, 0.15) is 37.7 Å². The second-order valence-electron chi connectivity index (χ2n) is 6.01. The minimum Gasteiger partial charge on any atom is -0.496 e. The van der Waals surface area contributed by atoms with E-state index in [1.54, 1.807) is 21.3 Å². The van der Waals surface area contributed by atoms with Crippen LogP contribution in [-0.4, -0.2) is 39.9 Å². The Balaban J connectivity index is 0.00000312. The molecular weight excluding hydrogens is 433 g/mol. The highest BCUT2D eigenvalue weighted by atomic mass is 127. The lowest BCUT2D eigenvalue weighted by atomic mass is 9.96. The molecule has 1 fully saturated rings. The zero-order valence-electron chi connectivity index (χ0n) is 15.3. The van der Waals surface area contributed by atoms with Crippen LogP contribution in [0.4, 0.5) is 0 Å². The predicted octanol–water partition coefficient (Wildman–Crippen LogP) is 3.11. The molecule has 3 N–H and O–H groups in total. The number of guanidine groups is 1. The lowest BCUT2D eigenvalue weighted by Gasteiger charge is -2.23. The van der Waals surface area contributed by atoms with Crippen molar-refractivity contribution in [1.29, 1.82) is 0 Å². The molecular formula is C18H30IN3O3. The van der Waals surface area contributed by atoms with Gasteiger partial charge in [0.25, 0.3) is 0 Å². The Labute approximate surface area is 167 Å². The molecule has 1 saturated carbocycles. The van der Waals surface area contributed by atoms with Crippen molar-refractivity contribution in [2.45, 2.75) is 44.6 Å². The number of benzene rings is 1. The van der Waals surface area contributed by atoms with Gasteiger partial charge in [0.2, 0.25) is 0 Å². The quantitative estimate of drug-likeness (QED) is 0.369. The van der Waals surface area contributed by atoms with Crippen molar-refractivity contribution < 1.29 is 14.2 Å². The van der Waals surface area contributed by atoms with Gasteiger partial charge in [0, 0.05) is 30.3 Å². The zero-order valence-corrected chi connectivity index (χ0v) is 17.7. The molecule has 6 nitrogen and oxygen atoms in total. The van der Waals surface area contributed by atoms with E-state index in [2.05, 4.69) is 10.3 Å². The molecule has 7 heteroatoms. The van der Waals surface area contributed by atoms with Crippen molar-refractivity contribution in [3.8, 4) is 17.2 Å². The second-order valence-corrected chi connectivity index (χ2v) is 6.01. The molecule has 0 bridgehead atoms. The molecule has 2 rings (SSSR count). The normalized spacial score (nSPS) is 15.2. The first kappa shape index (κ1) is 21.7. The Morgan fingerprint density at radius 3 is 2.20 bits per heavy atom. The SMILES string of the molecule is COc1cc(OC)c(CCN=C(N)NC2CCCCC2)c(OC)c1.I. The number of nitrogens with zero attached hydrogens (tertiary/aromatic N) is 1. The van der Waals surface area contributed by atoms with Crippen LogP contribution in [0.5, 0.6) is 17.2 Å². The topological polar surface area (TPSA) is 78.1 Å². The largest absolute Gasteiger partial charge is 0.496 e. The minimum absolute atomic E-state index is 0.